The van der Waals surface area contributed by atoms with Crippen LogP contribution in [0.2, 0.25) is 5.02 Å². The minimum Gasteiger partial charge on any atom is -0.486 e. The van der Waals surface area contributed by atoms with Gasteiger partial charge in [-0.3, -0.25) is 4.79 Å². The van der Waals surface area contributed by atoms with Gasteiger partial charge in [0.25, 0.3) is 0 Å². The number of nitrogens with two attached hydrogens (primary N) is 1. The highest BCUT2D eigenvalue weighted by Gasteiger charge is 2.09. The second-order valence-corrected chi connectivity index (χ2v) is 6.09. The molecule has 0 unspecified atom stereocenters. The number of aryl methyl sites for hydroxylation is 1. The summed E-state index contributed by atoms with van der Waals surface area (Å²) in [6.45, 7) is 2.46. The SMILES string of the molecule is Cc1ccc(COc2c(Cl)cc(/C=C/C(N)=O)cc2Br)cc1. The summed E-state index contributed by atoms with van der Waals surface area (Å²) in [5.74, 6) is 0.0606. The van der Waals surface area contributed by atoms with E-state index >= 15 is 0 Å². The number of primary amides is 1. The van der Waals surface area contributed by atoms with Gasteiger partial charge in [-0.25, -0.2) is 0 Å². The molecule has 0 aliphatic rings. The second kappa shape index (κ2) is 7.47. The van der Waals surface area contributed by atoms with E-state index in [-0.39, 0.29) is 0 Å². The fourth-order valence-electron chi connectivity index (χ4n) is 1.83. The van der Waals surface area contributed by atoms with E-state index in [0.717, 1.165) is 15.6 Å². The van der Waals surface area contributed by atoms with Gasteiger partial charge in [-0.1, -0.05) is 41.4 Å². The molecule has 2 N–H and O–H groups in total. The minimum absolute atomic E-state index is 0.426. The molecule has 5 heteroatoms. The van der Waals surface area contributed by atoms with Crippen LogP contribution in [0.25, 0.3) is 6.08 Å². The highest BCUT2D eigenvalue weighted by molar-refractivity contribution is 9.10. The molecule has 22 heavy (non-hydrogen) atoms. The average Bonchev–Trinajstić information content (AvgIpc) is 2.46. The predicted octanol–water partition coefficient (Wildman–Crippen LogP) is 4.49. The third kappa shape index (κ3) is 4.61. The number of carbonyl (C=O) groups excluding carboxylic acids is 1. The van der Waals surface area contributed by atoms with Crippen molar-refractivity contribution in [2.75, 3.05) is 0 Å². The summed E-state index contributed by atoms with van der Waals surface area (Å²) in [7, 11) is 0. The third-order valence-corrected chi connectivity index (χ3v) is 3.83. The Morgan fingerprint density at radius 3 is 2.59 bits per heavy atom. The number of hydrogen-bond donors (Lipinski definition) is 1. The Kier molecular flexibility index (Phi) is 5.63. The first-order valence-corrected chi connectivity index (χ1v) is 7.77. The number of hydrogen-bond acceptors (Lipinski definition) is 2. The maximum Gasteiger partial charge on any atom is 0.241 e. The Morgan fingerprint density at radius 1 is 1.32 bits per heavy atom. The summed E-state index contributed by atoms with van der Waals surface area (Å²) in [5, 5.41) is 0.464. The molecule has 0 radical (unpaired) electrons. The van der Waals surface area contributed by atoms with Crippen LogP contribution in [-0.2, 0) is 11.4 Å². The van der Waals surface area contributed by atoms with Crippen molar-refractivity contribution in [2.24, 2.45) is 5.73 Å². The normalized spacial score (nSPS) is 10.9. The lowest BCUT2D eigenvalue weighted by Gasteiger charge is -2.11. The van der Waals surface area contributed by atoms with E-state index in [1.165, 1.54) is 11.6 Å². The molecule has 1 amide bonds. The quantitative estimate of drug-likeness (QED) is 0.777. The molecule has 0 aliphatic heterocycles. The molecule has 2 rings (SSSR count). The predicted molar refractivity (Wildman–Crippen MR) is 92.9 cm³/mol. The molecule has 3 nitrogen and oxygen atoms in total. The highest BCUT2D eigenvalue weighted by Crippen LogP contribution is 2.35. The molecular formula is C17H15BrClNO2. The number of amides is 1. The summed E-state index contributed by atoms with van der Waals surface area (Å²) in [5.41, 5.74) is 8.10. The van der Waals surface area contributed by atoms with Gasteiger partial charge in [-0.2, -0.15) is 0 Å². The Bertz CT molecular complexity index is 688. The molecule has 0 saturated carbocycles. The number of halogens is 2. The molecule has 0 fully saturated rings. The van der Waals surface area contributed by atoms with Crippen molar-refractivity contribution in [2.45, 2.75) is 13.5 Å². The second-order valence-electron chi connectivity index (χ2n) is 4.82. The lowest BCUT2D eigenvalue weighted by Crippen LogP contribution is -2.05. The van der Waals surface area contributed by atoms with Crippen LogP contribution in [0.4, 0.5) is 0 Å². The van der Waals surface area contributed by atoms with Crippen molar-refractivity contribution in [3.8, 4) is 5.75 Å². The van der Waals surface area contributed by atoms with Crippen molar-refractivity contribution >= 4 is 39.5 Å². The van der Waals surface area contributed by atoms with Gasteiger partial charge in [-0.05, 0) is 52.2 Å². The van der Waals surface area contributed by atoms with E-state index in [1.54, 1.807) is 12.1 Å². The Morgan fingerprint density at radius 2 is 2.00 bits per heavy atom. The molecule has 0 aromatic heterocycles. The van der Waals surface area contributed by atoms with Crippen LogP contribution in [0.3, 0.4) is 0 Å². The Labute approximate surface area is 142 Å². The largest absolute Gasteiger partial charge is 0.486 e. The van der Waals surface area contributed by atoms with Crippen LogP contribution in [0.15, 0.2) is 46.9 Å². The fourth-order valence-corrected chi connectivity index (χ4v) is 2.82. The van der Waals surface area contributed by atoms with Crippen LogP contribution in [0.1, 0.15) is 16.7 Å². The number of ether oxygens (including phenoxy) is 1. The molecule has 2 aromatic rings. The molecule has 0 aliphatic carbocycles. The third-order valence-electron chi connectivity index (χ3n) is 2.96. The van der Waals surface area contributed by atoms with E-state index in [9.17, 15) is 4.79 Å². The van der Waals surface area contributed by atoms with Crippen molar-refractivity contribution in [1.29, 1.82) is 0 Å². The van der Waals surface area contributed by atoms with Crippen LogP contribution >= 0.6 is 27.5 Å². The summed E-state index contributed by atoms with van der Waals surface area (Å²) >= 11 is 9.67. The van der Waals surface area contributed by atoms with Gasteiger partial charge in [-0.15, -0.1) is 0 Å². The monoisotopic (exact) mass is 379 g/mol. The zero-order valence-corrected chi connectivity index (χ0v) is 14.3. The first-order valence-electron chi connectivity index (χ1n) is 6.60. The summed E-state index contributed by atoms with van der Waals surface area (Å²) in [6, 6.07) is 11.6. The molecule has 0 atom stereocenters. The summed E-state index contributed by atoms with van der Waals surface area (Å²) in [4.78, 5) is 10.8. The van der Waals surface area contributed by atoms with Gasteiger partial charge in [0.2, 0.25) is 5.91 Å². The van der Waals surface area contributed by atoms with Crippen molar-refractivity contribution in [3.05, 3.63) is 68.7 Å². The fraction of sp³-hybridized carbons (Fsp3) is 0.118. The number of benzene rings is 2. The number of carbonyl (C=O) groups is 1. The van der Waals surface area contributed by atoms with E-state index in [2.05, 4.69) is 15.9 Å². The van der Waals surface area contributed by atoms with Crippen molar-refractivity contribution in [3.63, 3.8) is 0 Å². The van der Waals surface area contributed by atoms with Crippen molar-refractivity contribution < 1.29 is 9.53 Å². The van der Waals surface area contributed by atoms with Gasteiger partial charge >= 0.3 is 0 Å². The van der Waals surface area contributed by atoms with E-state index < -0.39 is 5.91 Å². The van der Waals surface area contributed by atoms with Gasteiger partial charge in [0.15, 0.2) is 5.75 Å². The first-order chi connectivity index (χ1) is 10.5. The minimum atomic E-state index is -0.507. The van der Waals surface area contributed by atoms with Crippen molar-refractivity contribution in [1.82, 2.24) is 0 Å². The maximum absolute atomic E-state index is 10.8. The topological polar surface area (TPSA) is 52.3 Å². The molecular weight excluding hydrogens is 366 g/mol. The van der Waals surface area contributed by atoms with Gasteiger partial charge in [0, 0.05) is 6.08 Å². The van der Waals surface area contributed by atoms with E-state index in [1.807, 2.05) is 37.3 Å². The lowest BCUT2D eigenvalue weighted by atomic mass is 10.1. The first kappa shape index (κ1) is 16.6. The standard InChI is InChI=1S/C17H15BrClNO2/c1-11-2-4-12(5-3-11)10-22-17-14(18)8-13(9-15(17)19)6-7-16(20)21/h2-9H,10H2,1H3,(H2,20,21)/b7-6+. The maximum atomic E-state index is 10.8. The zero-order chi connectivity index (χ0) is 16.1. The Hall–Kier alpha value is -1.78. The van der Waals surface area contributed by atoms with E-state index in [4.69, 9.17) is 22.1 Å². The van der Waals surface area contributed by atoms with Gasteiger partial charge in [0.05, 0.1) is 9.50 Å². The van der Waals surface area contributed by atoms with Crippen LogP contribution in [-0.4, -0.2) is 5.91 Å². The molecule has 114 valence electrons. The van der Waals surface area contributed by atoms with Gasteiger partial charge < -0.3 is 10.5 Å². The number of rotatable bonds is 5. The smallest absolute Gasteiger partial charge is 0.241 e. The summed E-state index contributed by atoms with van der Waals surface area (Å²) < 4.78 is 6.50. The van der Waals surface area contributed by atoms with Crippen LogP contribution in [0, 0.1) is 6.92 Å². The molecule has 2 aromatic carbocycles. The molecule has 0 spiro atoms. The highest BCUT2D eigenvalue weighted by atomic mass is 79.9. The van der Waals surface area contributed by atoms with Crippen LogP contribution in [0.5, 0.6) is 5.75 Å². The zero-order valence-electron chi connectivity index (χ0n) is 12.0. The molecule has 0 heterocycles. The molecule has 0 saturated heterocycles. The van der Waals surface area contributed by atoms with Crippen LogP contribution < -0.4 is 10.5 Å². The van der Waals surface area contributed by atoms with Gasteiger partial charge in [0.1, 0.15) is 6.61 Å². The van der Waals surface area contributed by atoms with E-state index in [0.29, 0.717) is 17.4 Å². The summed E-state index contributed by atoms with van der Waals surface area (Å²) in [6.07, 6.45) is 2.88. The molecule has 0 bridgehead atoms. The lowest BCUT2D eigenvalue weighted by molar-refractivity contribution is -0.113. The Balaban J connectivity index is 2.14. The average molecular weight is 381 g/mol.